The van der Waals surface area contributed by atoms with Crippen LogP contribution in [0.15, 0.2) is 0 Å². The number of nitrogens with two attached hydrogens (primary N) is 1. The summed E-state index contributed by atoms with van der Waals surface area (Å²) < 4.78 is 10.4. The second-order valence-electron chi connectivity index (χ2n) is 4.41. The molecule has 15 heavy (non-hydrogen) atoms. The van der Waals surface area contributed by atoms with Gasteiger partial charge in [0.15, 0.2) is 6.29 Å². The highest BCUT2D eigenvalue weighted by molar-refractivity contribution is 4.79. The number of ether oxygens (including phenoxy) is 2. The number of methoxy groups -OCH3 is 2. The molecule has 0 saturated heterocycles. The van der Waals surface area contributed by atoms with Gasteiger partial charge in [-0.05, 0) is 32.7 Å². The Morgan fingerprint density at radius 2 is 1.73 bits per heavy atom. The van der Waals surface area contributed by atoms with Gasteiger partial charge in [-0.25, -0.2) is 0 Å². The van der Waals surface area contributed by atoms with Gasteiger partial charge >= 0.3 is 0 Å². The summed E-state index contributed by atoms with van der Waals surface area (Å²) in [6.45, 7) is 0.826. The minimum absolute atomic E-state index is 0.120. The maximum absolute atomic E-state index is 5.88. The first-order valence-electron chi connectivity index (χ1n) is 5.68. The standard InChI is InChI=1S/C11H24N2O2/c1-13(8-11(14-2)15-3)10-6-4-9(12)5-7-10/h9-11H,4-8,12H2,1-3H3. The van der Waals surface area contributed by atoms with E-state index in [0.29, 0.717) is 12.1 Å². The number of nitrogens with zero attached hydrogens (tertiary/aromatic N) is 1. The van der Waals surface area contributed by atoms with E-state index in [4.69, 9.17) is 15.2 Å². The smallest absolute Gasteiger partial charge is 0.169 e. The Bertz CT molecular complexity index is 166. The molecule has 0 amide bonds. The van der Waals surface area contributed by atoms with E-state index in [1.165, 1.54) is 12.8 Å². The molecule has 0 aliphatic heterocycles. The summed E-state index contributed by atoms with van der Waals surface area (Å²) >= 11 is 0. The van der Waals surface area contributed by atoms with Crippen molar-refractivity contribution in [3.63, 3.8) is 0 Å². The van der Waals surface area contributed by atoms with Crippen molar-refractivity contribution in [3.05, 3.63) is 0 Å². The maximum atomic E-state index is 5.88. The van der Waals surface area contributed by atoms with Crippen LogP contribution in [0.2, 0.25) is 0 Å². The van der Waals surface area contributed by atoms with Gasteiger partial charge in [0.1, 0.15) is 0 Å². The van der Waals surface area contributed by atoms with Gasteiger partial charge in [-0.2, -0.15) is 0 Å². The van der Waals surface area contributed by atoms with Gasteiger partial charge in [0.05, 0.1) is 0 Å². The van der Waals surface area contributed by atoms with Crippen molar-refractivity contribution >= 4 is 0 Å². The van der Waals surface area contributed by atoms with Gasteiger partial charge in [0.2, 0.25) is 0 Å². The molecule has 0 heterocycles. The molecule has 90 valence electrons. The van der Waals surface area contributed by atoms with Crippen LogP contribution in [-0.2, 0) is 9.47 Å². The van der Waals surface area contributed by atoms with Crippen molar-refractivity contribution in [2.45, 2.75) is 44.1 Å². The van der Waals surface area contributed by atoms with Crippen LogP contribution in [0.3, 0.4) is 0 Å². The molecular weight excluding hydrogens is 192 g/mol. The Hall–Kier alpha value is -0.160. The first-order chi connectivity index (χ1) is 7.17. The van der Waals surface area contributed by atoms with Crippen LogP contribution in [0.25, 0.3) is 0 Å². The lowest BCUT2D eigenvalue weighted by Crippen LogP contribution is -2.42. The van der Waals surface area contributed by atoms with Gasteiger partial charge in [-0.3, -0.25) is 4.90 Å². The summed E-state index contributed by atoms with van der Waals surface area (Å²) in [5.41, 5.74) is 5.88. The largest absolute Gasteiger partial charge is 0.355 e. The van der Waals surface area contributed by atoms with Crippen LogP contribution in [0.1, 0.15) is 25.7 Å². The molecule has 0 aromatic heterocycles. The van der Waals surface area contributed by atoms with E-state index in [-0.39, 0.29) is 6.29 Å². The van der Waals surface area contributed by atoms with Crippen molar-refractivity contribution in [1.82, 2.24) is 4.90 Å². The summed E-state index contributed by atoms with van der Waals surface area (Å²) in [4.78, 5) is 2.32. The Kier molecular flexibility index (Phi) is 5.53. The Labute approximate surface area is 92.7 Å². The molecule has 0 aromatic rings. The zero-order valence-corrected chi connectivity index (χ0v) is 10.1. The number of likely N-dealkylation sites (N-methyl/N-ethyl adjacent to an activating group) is 1. The molecule has 1 saturated carbocycles. The van der Waals surface area contributed by atoms with Crippen molar-refractivity contribution in [2.24, 2.45) is 5.73 Å². The zero-order valence-electron chi connectivity index (χ0n) is 10.1. The molecule has 1 aliphatic carbocycles. The number of hydrogen-bond donors (Lipinski definition) is 1. The molecule has 1 aliphatic rings. The van der Waals surface area contributed by atoms with Crippen molar-refractivity contribution < 1.29 is 9.47 Å². The zero-order chi connectivity index (χ0) is 11.3. The molecule has 0 unspecified atom stereocenters. The van der Waals surface area contributed by atoms with Crippen LogP contribution in [0, 0.1) is 0 Å². The Balaban J connectivity index is 2.30. The average Bonchev–Trinajstić information content (AvgIpc) is 2.26. The highest BCUT2D eigenvalue weighted by atomic mass is 16.7. The number of rotatable bonds is 5. The Morgan fingerprint density at radius 3 is 2.20 bits per heavy atom. The molecule has 1 fully saturated rings. The third-order valence-electron chi connectivity index (χ3n) is 3.33. The van der Waals surface area contributed by atoms with E-state index in [1.807, 2.05) is 0 Å². The average molecular weight is 216 g/mol. The van der Waals surface area contributed by atoms with Crippen LogP contribution >= 0.6 is 0 Å². The van der Waals surface area contributed by atoms with E-state index in [2.05, 4.69) is 11.9 Å². The lowest BCUT2D eigenvalue weighted by Gasteiger charge is -2.34. The normalized spacial score (nSPS) is 27.6. The van der Waals surface area contributed by atoms with E-state index in [0.717, 1.165) is 19.4 Å². The number of hydrogen-bond acceptors (Lipinski definition) is 4. The first kappa shape index (κ1) is 12.9. The van der Waals surface area contributed by atoms with Crippen LogP contribution in [-0.4, -0.2) is 51.1 Å². The van der Waals surface area contributed by atoms with Crippen LogP contribution in [0.4, 0.5) is 0 Å². The molecule has 1 rings (SSSR count). The van der Waals surface area contributed by atoms with Crippen LogP contribution < -0.4 is 5.73 Å². The molecule has 0 spiro atoms. The molecule has 0 aromatic carbocycles. The van der Waals surface area contributed by atoms with Gasteiger partial charge in [0.25, 0.3) is 0 Å². The van der Waals surface area contributed by atoms with Crippen molar-refractivity contribution in [3.8, 4) is 0 Å². The van der Waals surface area contributed by atoms with Crippen molar-refractivity contribution in [1.29, 1.82) is 0 Å². The lowest BCUT2D eigenvalue weighted by atomic mass is 9.91. The second kappa shape index (κ2) is 6.43. The maximum Gasteiger partial charge on any atom is 0.169 e. The van der Waals surface area contributed by atoms with Gasteiger partial charge < -0.3 is 15.2 Å². The molecule has 4 nitrogen and oxygen atoms in total. The molecule has 0 bridgehead atoms. The minimum atomic E-state index is -0.120. The predicted molar refractivity (Wildman–Crippen MR) is 60.7 cm³/mol. The fourth-order valence-electron chi connectivity index (χ4n) is 2.17. The highest BCUT2D eigenvalue weighted by Crippen LogP contribution is 2.21. The van der Waals surface area contributed by atoms with E-state index >= 15 is 0 Å². The van der Waals surface area contributed by atoms with Gasteiger partial charge in [-0.1, -0.05) is 0 Å². The molecular formula is C11H24N2O2. The summed E-state index contributed by atoms with van der Waals surface area (Å²) in [6.07, 6.45) is 4.54. The highest BCUT2D eigenvalue weighted by Gasteiger charge is 2.23. The third kappa shape index (κ3) is 4.07. The summed E-state index contributed by atoms with van der Waals surface area (Å²) in [6, 6.07) is 1.05. The van der Waals surface area contributed by atoms with E-state index in [9.17, 15) is 0 Å². The SMILES string of the molecule is COC(CN(C)C1CCC(N)CC1)OC. The van der Waals surface area contributed by atoms with Crippen LogP contribution in [0.5, 0.6) is 0 Å². The molecule has 0 atom stereocenters. The lowest BCUT2D eigenvalue weighted by molar-refractivity contribution is -0.118. The summed E-state index contributed by atoms with van der Waals surface area (Å²) in [7, 11) is 5.49. The predicted octanol–water partition coefficient (Wildman–Crippen LogP) is 0.807. The quantitative estimate of drug-likeness (QED) is 0.691. The second-order valence-corrected chi connectivity index (χ2v) is 4.41. The monoisotopic (exact) mass is 216 g/mol. The summed E-state index contributed by atoms with van der Waals surface area (Å²) in [5.74, 6) is 0. The third-order valence-corrected chi connectivity index (χ3v) is 3.33. The van der Waals surface area contributed by atoms with E-state index in [1.54, 1.807) is 14.2 Å². The van der Waals surface area contributed by atoms with Gasteiger partial charge in [0, 0.05) is 32.8 Å². The molecule has 4 heteroatoms. The van der Waals surface area contributed by atoms with Gasteiger partial charge in [-0.15, -0.1) is 0 Å². The van der Waals surface area contributed by atoms with Crippen molar-refractivity contribution in [2.75, 3.05) is 27.8 Å². The fourth-order valence-corrected chi connectivity index (χ4v) is 2.17. The first-order valence-corrected chi connectivity index (χ1v) is 5.68. The molecule has 2 N–H and O–H groups in total. The fraction of sp³-hybridized carbons (Fsp3) is 1.00. The topological polar surface area (TPSA) is 47.7 Å². The summed E-state index contributed by atoms with van der Waals surface area (Å²) in [5, 5.41) is 0. The Morgan fingerprint density at radius 1 is 1.20 bits per heavy atom. The van der Waals surface area contributed by atoms with E-state index < -0.39 is 0 Å². The molecule has 0 radical (unpaired) electrons. The minimum Gasteiger partial charge on any atom is -0.355 e.